The molecule has 0 atom stereocenters. The van der Waals surface area contributed by atoms with Crippen molar-refractivity contribution in [2.24, 2.45) is 0 Å². The number of pyridine rings is 1. The van der Waals surface area contributed by atoms with Crippen LogP contribution >= 0.6 is 23.1 Å². The van der Waals surface area contributed by atoms with Crippen LogP contribution in [-0.4, -0.2) is 21.8 Å². The van der Waals surface area contributed by atoms with Crippen LogP contribution < -0.4 is 0 Å². The Morgan fingerprint density at radius 3 is 3.06 bits per heavy atom. The Morgan fingerprint density at radius 1 is 1.47 bits per heavy atom. The molecule has 0 bridgehead atoms. The molecule has 88 valence electrons. The maximum Gasteiger partial charge on any atom is 0.354 e. The van der Waals surface area contributed by atoms with Gasteiger partial charge in [-0.2, -0.15) is 0 Å². The van der Waals surface area contributed by atoms with Crippen LogP contribution in [0.2, 0.25) is 0 Å². The second kappa shape index (κ2) is 5.84. The number of rotatable bonds is 5. The van der Waals surface area contributed by atoms with Crippen LogP contribution in [0.3, 0.4) is 0 Å². The SMILES string of the molecule is O=C(O)c1cc(SCCc2cccs2)ccn1. The minimum Gasteiger partial charge on any atom is -0.477 e. The molecule has 2 aromatic heterocycles. The Balaban J connectivity index is 1.90. The van der Waals surface area contributed by atoms with Gasteiger partial charge in [-0.05, 0) is 30.0 Å². The molecule has 0 fully saturated rings. The molecular weight excluding hydrogens is 254 g/mol. The Labute approximate surface area is 108 Å². The molecule has 0 aliphatic heterocycles. The van der Waals surface area contributed by atoms with Gasteiger partial charge in [-0.25, -0.2) is 9.78 Å². The third-order valence-electron chi connectivity index (χ3n) is 2.15. The van der Waals surface area contributed by atoms with Crippen molar-refractivity contribution in [2.75, 3.05) is 5.75 Å². The lowest BCUT2D eigenvalue weighted by Crippen LogP contribution is -1.99. The predicted octanol–water partition coefficient (Wildman–Crippen LogP) is 3.18. The van der Waals surface area contributed by atoms with Gasteiger partial charge in [0.25, 0.3) is 0 Å². The van der Waals surface area contributed by atoms with Gasteiger partial charge in [-0.1, -0.05) is 6.07 Å². The molecule has 1 N–H and O–H groups in total. The van der Waals surface area contributed by atoms with Crippen LogP contribution in [0, 0.1) is 0 Å². The Kier molecular flexibility index (Phi) is 4.17. The number of nitrogens with zero attached hydrogens (tertiary/aromatic N) is 1. The fraction of sp³-hybridized carbons (Fsp3) is 0.167. The number of hydrogen-bond acceptors (Lipinski definition) is 4. The number of thioether (sulfide) groups is 1. The number of carboxylic acids is 1. The molecule has 17 heavy (non-hydrogen) atoms. The fourth-order valence-electron chi connectivity index (χ4n) is 1.34. The second-order valence-electron chi connectivity index (χ2n) is 3.36. The maximum absolute atomic E-state index is 10.7. The molecule has 5 heteroatoms. The zero-order valence-corrected chi connectivity index (χ0v) is 10.6. The smallest absolute Gasteiger partial charge is 0.354 e. The van der Waals surface area contributed by atoms with E-state index >= 15 is 0 Å². The average Bonchev–Trinajstić information content (AvgIpc) is 2.82. The lowest BCUT2D eigenvalue weighted by Gasteiger charge is -2.01. The summed E-state index contributed by atoms with van der Waals surface area (Å²) in [6.45, 7) is 0. The summed E-state index contributed by atoms with van der Waals surface area (Å²) in [4.78, 5) is 16.8. The zero-order valence-electron chi connectivity index (χ0n) is 9.00. The van der Waals surface area contributed by atoms with Crippen molar-refractivity contribution in [1.29, 1.82) is 0 Å². The number of aromatic nitrogens is 1. The Morgan fingerprint density at radius 2 is 2.35 bits per heavy atom. The third kappa shape index (κ3) is 3.57. The number of carboxylic acid groups (broad SMARTS) is 1. The van der Waals surface area contributed by atoms with Crippen LogP contribution in [0.1, 0.15) is 15.4 Å². The van der Waals surface area contributed by atoms with Crippen LogP contribution in [-0.2, 0) is 6.42 Å². The third-order valence-corrected chi connectivity index (χ3v) is 4.08. The molecular formula is C12H11NO2S2. The maximum atomic E-state index is 10.7. The van der Waals surface area contributed by atoms with Crippen molar-refractivity contribution < 1.29 is 9.90 Å². The van der Waals surface area contributed by atoms with E-state index in [1.54, 1.807) is 29.2 Å². The molecule has 0 unspecified atom stereocenters. The van der Waals surface area contributed by atoms with E-state index in [-0.39, 0.29) is 5.69 Å². The molecule has 2 rings (SSSR count). The molecule has 0 saturated carbocycles. The van der Waals surface area contributed by atoms with Crippen LogP contribution in [0.5, 0.6) is 0 Å². The zero-order chi connectivity index (χ0) is 12.1. The van der Waals surface area contributed by atoms with E-state index in [0.29, 0.717) is 0 Å². The molecule has 0 saturated heterocycles. The first-order chi connectivity index (χ1) is 8.25. The van der Waals surface area contributed by atoms with Gasteiger partial charge in [0.1, 0.15) is 5.69 Å². The van der Waals surface area contributed by atoms with E-state index in [0.717, 1.165) is 17.1 Å². The quantitative estimate of drug-likeness (QED) is 0.844. The highest BCUT2D eigenvalue weighted by molar-refractivity contribution is 7.99. The first kappa shape index (κ1) is 12.1. The van der Waals surface area contributed by atoms with Gasteiger partial charge in [-0.3, -0.25) is 0 Å². The summed E-state index contributed by atoms with van der Waals surface area (Å²) < 4.78 is 0. The topological polar surface area (TPSA) is 50.2 Å². The second-order valence-corrected chi connectivity index (χ2v) is 5.56. The van der Waals surface area contributed by atoms with Crippen molar-refractivity contribution in [3.8, 4) is 0 Å². The summed E-state index contributed by atoms with van der Waals surface area (Å²) in [5.74, 6) is -0.0328. The normalized spacial score (nSPS) is 10.4. The van der Waals surface area contributed by atoms with Gasteiger partial charge in [0.05, 0.1) is 0 Å². The van der Waals surface area contributed by atoms with Crippen molar-refractivity contribution in [1.82, 2.24) is 4.98 Å². The molecule has 0 aliphatic rings. The first-order valence-corrected chi connectivity index (χ1v) is 6.97. The number of aromatic carboxylic acids is 1. The van der Waals surface area contributed by atoms with Gasteiger partial charge in [0.2, 0.25) is 0 Å². The molecule has 0 radical (unpaired) electrons. The number of carbonyl (C=O) groups is 1. The number of thiophene rings is 1. The van der Waals surface area contributed by atoms with E-state index in [2.05, 4.69) is 16.4 Å². The van der Waals surface area contributed by atoms with E-state index in [1.807, 2.05) is 12.1 Å². The highest BCUT2D eigenvalue weighted by atomic mass is 32.2. The molecule has 0 spiro atoms. The van der Waals surface area contributed by atoms with E-state index < -0.39 is 5.97 Å². The average molecular weight is 265 g/mol. The molecule has 0 aliphatic carbocycles. The molecule has 2 aromatic rings. The van der Waals surface area contributed by atoms with Gasteiger partial charge >= 0.3 is 5.97 Å². The van der Waals surface area contributed by atoms with E-state index in [9.17, 15) is 4.79 Å². The van der Waals surface area contributed by atoms with Crippen molar-refractivity contribution in [3.63, 3.8) is 0 Å². The van der Waals surface area contributed by atoms with Crippen LogP contribution in [0.25, 0.3) is 0 Å². The summed E-state index contributed by atoms with van der Waals surface area (Å²) in [5, 5.41) is 10.9. The van der Waals surface area contributed by atoms with Crippen LogP contribution in [0.4, 0.5) is 0 Å². The summed E-state index contributed by atoms with van der Waals surface area (Å²) in [6, 6.07) is 7.60. The fourth-order valence-corrected chi connectivity index (χ4v) is 3.09. The van der Waals surface area contributed by atoms with Crippen molar-refractivity contribution in [2.45, 2.75) is 11.3 Å². The monoisotopic (exact) mass is 265 g/mol. The summed E-state index contributed by atoms with van der Waals surface area (Å²) in [7, 11) is 0. The van der Waals surface area contributed by atoms with Crippen LogP contribution in [0.15, 0.2) is 40.7 Å². The molecule has 2 heterocycles. The molecule has 3 nitrogen and oxygen atoms in total. The largest absolute Gasteiger partial charge is 0.477 e. The number of aryl methyl sites for hydroxylation is 1. The van der Waals surface area contributed by atoms with E-state index in [1.165, 1.54) is 11.1 Å². The molecule has 0 amide bonds. The lowest BCUT2D eigenvalue weighted by atomic mass is 10.3. The van der Waals surface area contributed by atoms with Gasteiger partial charge in [-0.15, -0.1) is 23.1 Å². The number of hydrogen-bond donors (Lipinski definition) is 1. The van der Waals surface area contributed by atoms with E-state index in [4.69, 9.17) is 5.11 Å². The summed E-state index contributed by atoms with van der Waals surface area (Å²) in [5.41, 5.74) is 0.103. The Hall–Kier alpha value is -1.33. The van der Waals surface area contributed by atoms with Crippen molar-refractivity contribution in [3.05, 3.63) is 46.4 Å². The van der Waals surface area contributed by atoms with Gasteiger partial charge in [0, 0.05) is 21.7 Å². The molecule has 0 aromatic carbocycles. The predicted molar refractivity (Wildman–Crippen MR) is 69.9 cm³/mol. The first-order valence-electron chi connectivity index (χ1n) is 5.10. The van der Waals surface area contributed by atoms with Gasteiger partial charge < -0.3 is 5.11 Å². The minimum atomic E-state index is -0.981. The summed E-state index contributed by atoms with van der Waals surface area (Å²) in [6.07, 6.45) is 2.55. The minimum absolute atomic E-state index is 0.103. The Bertz CT molecular complexity index is 497. The lowest BCUT2D eigenvalue weighted by molar-refractivity contribution is 0.0690. The van der Waals surface area contributed by atoms with Crippen molar-refractivity contribution >= 4 is 29.1 Å². The highest BCUT2D eigenvalue weighted by Crippen LogP contribution is 2.20. The summed E-state index contributed by atoms with van der Waals surface area (Å²) >= 11 is 3.40. The standard InChI is InChI=1S/C12H11NO2S2/c14-12(15)11-8-10(3-5-13-11)17-7-4-9-2-1-6-16-9/h1-3,5-6,8H,4,7H2,(H,14,15). The van der Waals surface area contributed by atoms with Gasteiger partial charge in [0.15, 0.2) is 0 Å². The highest BCUT2D eigenvalue weighted by Gasteiger charge is 2.05.